The van der Waals surface area contributed by atoms with Gasteiger partial charge in [0.2, 0.25) is 0 Å². The number of hydrogen-bond acceptors (Lipinski definition) is 2. The topological polar surface area (TPSA) is 57.5 Å². The molecule has 0 aromatic heterocycles. The highest BCUT2D eigenvalue weighted by Gasteiger charge is 2.51. The molecule has 4 aliphatic rings. The van der Waals surface area contributed by atoms with Crippen molar-refractivity contribution < 1.29 is 15.0 Å². The van der Waals surface area contributed by atoms with E-state index in [9.17, 15) is 9.90 Å². The Morgan fingerprint density at radius 3 is 2.69 bits per heavy atom. The Hall–Kier alpha value is -0.830. The minimum Gasteiger partial charge on any atom is -0.478 e. The molecule has 0 radical (unpaired) electrons. The maximum absolute atomic E-state index is 11.1. The second kappa shape index (κ2) is 3.33. The quantitative estimate of drug-likeness (QED) is 0.665. The lowest BCUT2D eigenvalue weighted by atomic mass is 9.52. The van der Waals surface area contributed by atoms with Gasteiger partial charge in [0.25, 0.3) is 0 Å². The molecule has 0 aromatic carbocycles. The number of aliphatic carboxylic acids is 1. The van der Waals surface area contributed by atoms with Gasteiger partial charge in [0.05, 0.1) is 6.10 Å². The minimum absolute atomic E-state index is 0.146. The van der Waals surface area contributed by atoms with E-state index in [4.69, 9.17) is 5.11 Å². The summed E-state index contributed by atoms with van der Waals surface area (Å²) in [6.45, 7) is 1.70. The van der Waals surface area contributed by atoms with E-state index in [0.29, 0.717) is 17.4 Å². The normalized spacial score (nSPS) is 48.2. The third-order valence-electron chi connectivity index (χ3n) is 4.92. The Labute approximate surface area is 95.2 Å². The molecular weight excluding hydrogens is 204 g/mol. The number of carbonyl (C=O) groups is 1. The number of carboxylic acid groups (broad SMARTS) is 1. The van der Waals surface area contributed by atoms with Crippen LogP contribution in [0, 0.1) is 23.7 Å². The van der Waals surface area contributed by atoms with Crippen molar-refractivity contribution in [1.82, 2.24) is 0 Å². The molecule has 88 valence electrons. The standard InChI is InChI=1S/C13H18O3/c1-6(13(15)16)11-8-2-7-3-9(5-8)12(14)10(11)4-7/h7-10,12,14H,2-5H2,1H3,(H,15,16). The van der Waals surface area contributed by atoms with Gasteiger partial charge in [-0.1, -0.05) is 5.57 Å². The second-order valence-corrected chi connectivity index (χ2v) is 5.75. The van der Waals surface area contributed by atoms with E-state index in [0.717, 1.165) is 37.2 Å². The van der Waals surface area contributed by atoms with Crippen LogP contribution in [0.25, 0.3) is 0 Å². The highest BCUT2D eigenvalue weighted by Crippen LogP contribution is 2.57. The Balaban J connectivity index is 2.02. The van der Waals surface area contributed by atoms with Crippen LogP contribution < -0.4 is 0 Å². The predicted octanol–water partition coefficient (Wildman–Crippen LogP) is 1.81. The largest absolute Gasteiger partial charge is 0.478 e. The van der Waals surface area contributed by atoms with Crippen LogP contribution in [0.5, 0.6) is 0 Å². The summed E-state index contributed by atoms with van der Waals surface area (Å²) in [5.74, 6) is 0.958. The summed E-state index contributed by atoms with van der Waals surface area (Å²) in [5.41, 5.74) is 1.56. The van der Waals surface area contributed by atoms with E-state index < -0.39 is 5.97 Å². The molecule has 5 unspecified atom stereocenters. The number of rotatable bonds is 1. The first kappa shape index (κ1) is 10.3. The molecule has 5 atom stereocenters. The van der Waals surface area contributed by atoms with Crippen LogP contribution >= 0.6 is 0 Å². The molecule has 0 saturated heterocycles. The molecule has 4 rings (SSSR count). The summed E-state index contributed by atoms with van der Waals surface area (Å²) >= 11 is 0. The van der Waals surface area contributed by atoms with Gasteiger partial charge in [-0.2, -0.15) is 0 Å². The van der Waals surface area contributed by atoms with E-state index in [-0.39, 0.29) is 12.0 Å². The van der Waals surface area contributed by atoms with Crippen molar-refractivity contribution in [1.29, 1.82) is 0 Å². The van der Waals surface area contributed by atoms with Crippen molar-refractivity contribution in [2.75, 3.05) is 0 Å². The second-order valence-electron chi connectivity index (χ2n) is 5.75. The maximum atomic E-state index is 11.1. The zero-order valence-electron chi connectivity index (χ0n) is 9.52. The van der Waals surface area contributed by atoms with Crippen molar-refractivity contribution in [3.8, 4) is 0 Å². The Morgan fingerprint density at radius 2 is 2.00 bits per heavy atom. The van der Waals surface area contributed by atoms with Crippen molar-refractivity contribution in [2.45, 2.75) is 38.7 Å². The van der Waals surface area contributed by atoms with Gasteiger partial charge in [0.15, 0.2) is 0 Å². The number of aliphatic hydroxyl groups excluding tert-OH is 1. The van der Waals surface area contributed by atoms with Crippen LogP contribution in [-0.4, -0.2) is 22.3 Å². The summed E-state index contributed by atoms with van der Waals surface area (Å²) in [5, 5.41) is 19.3. The fourth-order valence-corrected chi connectivity index (χ4v) is 4.36. The van der Waals surface area contributed by atoms with E-state index in [2.05, 4.69) is 0 Å². The van der Waals surface area contributed by atoms with E-state index in [1.54, 1.807) is 6.92 Å². The van der Waals surface area contributed by atoms with Gasteiger partial charge in [-0.05, 0) is 50.4 Å². The zero-order valence-corrected chi connectivity index (χ0v) is 9.52. The van der Waals surface area contributed by atoms with Crippen molar-refractivity contribution in [3.63, 3.8) is 0 Å². The average Bonchev–Trinajstić information content (AvgIpc) is 2.24. The Bertz CT molecular complexity index is 371. The average molecular weight is 222 g/mol. The lowest BCUT2D eigenvalue weighted by Gasteiger charge is -2.54. The van der Waals surface area contributed by atoms with Crippen LogP contribution in [0.3, 0.4) is 0 Å². The molecule has 3 nitrogen and oxygen atoms in total. The highest BCUT2D eigenvalue weighted by molar-refractivity contribution is 5.87. The summed E-state index contributed by atoms with van der Waals surface area (Å²) in [4.78, 5) is 11.1. The van der Waals surface area contributed by atoms with Crippen LogP contribution in [0.1, 0.15) is 32.6 Å². The molecule has 0 aromatic rings. The van der Waals surface area contributed by atoms with Gasteiger partial charge >= 0.3 is 5.97 Å². The molecule has 4 saturated carbocycles. The molecule has 0 aliphatic heterocycles. The molecule has 16 heavy (non-hydrogen) atoms. The van der Waals surface area contributed by atoms with Gasteiger partial charge in [0.1, 0.15) is 0 Å². The van der Waals surface area contributed by atoms with E-state index in [1.807, 2.05) is 0 Å². The van der Waals surface area contributed by atoms with Crippen LogP contribution in [0.2, 0.25) is 0 Å². The molecule has 2 N–H and O–H groups in total. The number of aliphatic hydroxyl groups is 1. The van der Waals surface area contributed by atoms with Crippen molar-refractivity contribution in [2.24, 2.45) is 23.7 Å². The van der Waals surface area contributed by atoms with Crippen molar-refractivity contribution in [3.05, 3.63) is 11.1 Å². The monoisotopic (exact) mass is 222 g/mol. The Kier molecular flexibility index (Phi) is 2.15. The summed E-state index contributed by atoms with van der Waals surface area (Å²) in [6, 6.07) is 0. The van der Waals surface area contributed by atoms with Gasteiger partial charge in [-0.3, -0.25) is 0 Å². The van der Waals surface area contributed by atoms with Crippen LogP contribution in [-0.2, 0) is 4.79 Å². The van der Waals surface area contributed by atoms with Gasteiger partial charge in [0, 0.05) is 11.5 Å². The molecule has 4 aliphatic carbocycles. The van der Waals surface area contributed by atoms with Gasteiger partial charge in [-0.15, -0.1) is 0 Å². The summed E-state index contributed by atoms with van der Waals surface area (Å²) in [7, 11) is 0. The maximum Gasteiger partial charge on any atom is 0.331 e. The van der Waals surface area contributed by atoms with Gasteiger partial charge in [-0.25, -0.2) is 4.79 Å². The SMILES string of the molecule is CC(C(=O)O)=C1C2CC3CC(C2)C(O)C1C3. The van der Waals surface area contributed by atoms with Gasteiger partial charge < -0.3 is 10.2 Å². The smallest absolute Gasteiger partial charge is 0.331 e. The third-order valence-corrected chi connectivity index (χ3v) is 4.92. The Morgan fingerprint density at radius 1 is 1.25 bits per heavy atom. The van der Waals surface area contributed by atoms with Crippen LogP contribution in [0.15, 0.2) is 11.1 Å². The first-order valence-corrected chi connectivity index (χ1v) is 6.20. The highest BCUT2D eigenvalue weighted by atomic mass is 16.4. The molecule has 0 spiro atoms. The third kappa shape index (κ3) is 1.27. The molecule has 0 heterocycles. The molecular formula is C13H18O3. The lowest BCUT2D eigenvalue weighted by molar-refractivity contribution is -0.133. The number of hydrogen-bond donors (Lipinski definition) is 2. The van der Waals surface area contributed by atoms with E-state index in [1.165, 1.54) is 0 Å². The first-order chi connectivity index (χ1) is 7.58. The molecule has 4 fully saturated rings. The fourth-order valence-electron chi connectivity index (χ4n) is 4.36. The van der Waals surface area contributed by atoms with Crippen LogP contribution in [0.4, 0.5) is 0 Å². The molecule has 0 amide bonds. The summed E-state index contributed by atoms with van der Waals surface area (Å²) in [6.07, 6.45) is 4.05. The predicted molar refractivity (Wildman–Crippen MR) is 58.8 cm³/mol. The minimum atomic E-state index is -0.810. The lowest BCUT2D eigenvalue weighted by Crippen LogP contribution is -2.50. The molecule has 4 bridgehead atoms. The van der Waals surface area contributed by atoms with E-state index >= 15 is 0 Å². The fraction of sp³-hybridized carbons (Fsp3) is 0.769. The first-order valence-electron chi connectivity index (χ1n) is 6.20. The summed E-state index contributed by atoms with van der Waals surface area (Å²) < 4.78 is 0. The molecule has 3 heteroatoms. The van der Waals surface area contributed by atoms with Crippen molar-refractivity contribution >= 4 is 5.97 Å². The number of carboxylic acids is 1. The zero-order chi connectivity index (χ0) is 11.4.